The molecule has 0 saturated carbocycles. The first-order valence-electron chi connectivity index (χ1n) is 8.27. The van der Waals surface area contributed by atoms with Crippen molar-refractivity contribution in [2.75, 3.05) is 41.0 Å². The lowest BCUT2D eigenvalue weighted by Gasteiger charge is -2.22. The molecule has 0 radical (unpaired) electrons. The predicted octanol–water partition coefficient (Wildman–Crippen LogP) is 2.19. The van der Waals surface area contributed by atoms with E-state index < -0.39 is 10.0 Å². The molecule has 7 nitrogen and oxygen atoms in total. The van der Waals surface area contributed by atoms with Crippen LogP contribution >= 0.6 is 0 Å². The van der Waals surface area contributed by atoms with Gasteiger partial charge >= 0.3 is 0 Å². The molecule has 1 unspecified atom stereocenters. The zero-order valence-electron chi connectivity index (χ0n) is 15.6. The minimum atomic E-state index is -3.64. The van der Waals surface area contributed by atoms with Gasteiger partial charge in [-0.25, -0.2) is 13.1 Å². The van der Waals surface area contributed by atoms with E-state index in [4.69, 9.17) is 13.9 Å². The third kappa shape index (κ3) is 5.31. The molecule has 0 aliphatic heterocycles. The van der Waals surface area contributed by atoms with Crippen LogP contribution in [0.4, 0.5) is 0 Å². The Balaban J connectivity index is 2.08. The van der Waals surface area contributed by atoms with Crippen LogP contribution in [-0.2, 0) is 14.8 Å². The van der Waals surface area contributed by atoms with E-state index in [-0.39, 0.29) is 17.5 Å². The van der Waals surface area contributed by atoms with Crippen LogP contribution in [0.2, 0.25) is 0 Å². The third-order valence-electron chi connectivity index (χ3n) is 3.96. The van der Waals surface area contributed by atoms with Crippen LogP contribution in [0.3, 0.4) is 0 Å². The molecule has 0 fully saturated rings. The first-order chi connectivity index (χ1) is 12.3. The number of furan rings is 1. The Labute approximate surface area is 154 Å². The highest BCUT2D eigenvalue weighted by atomic mass is 32.2. The SMILES string of the molecule is COCCOc1ccc(S(=O)(=O)NCC(c2ccco2)N(C)C)cc1C. The van der Waals surface area contributed by atoms with Crippen molar-refractivity contribution in [1.82, 2.24) is 9.62 Å². The molecule has 1 N–H and O–H groups in total. The molecule has 2 aromatic rings. The maximum absolute atomic E-state index is 12.6. The van der Waals surface area contributed by atoms with Gasteiger partial charge in [-0.3, -0.25) is 4.90 Å². The van der Waals surface area contributed by atoms with Crippen molar-refractivity contribution in [3.63, 3.8) is 0 Å². The van der Waals surface area contributed by atoms with Crippen LogP contribution in [0.25, 0.3) is 0 Å². The van der Waals surface area contributed by atoms with E-state index >= 15 is 0 Å². The first-order valence-corrected chi connectivity index (χ1v) is 9.75. The average Bonchev–Trinajstić information content (AvgIpc) is 3.10. The van der Waals surface area contributed by atoms with Gasteiger partial charge in [-0.1, -0.05) is 0 Å². The largest absolute Gasteiger partial charge is 0.491 e. The number of nitrogens with one attached hydrogen (secondary N) is 1. The molecule has 1 aromatic carbocycles. The number of ether oxygens (including phenoxy) is 2. The average molecular weight is 382 g/mol. The van der Waals surface area contributed by atoms with E-state index in [0.717, 1.165) is 5.56 Å². The number of hydrogen-bond acceptors (Lipinski definition) is 6. The summed E-state index contributed by atoms with van der Waals surface area (Å²) in [7, 11) is 1.70. The van der Waals surface area contributed by atoms with Gasteiger partial charge in [-0.2, -0.15) is 0 Å². The first kappa shape index (κ1) is 20.4. The van der Waals surface area contributed by atoms with E-state index in [1.165, 1.54) is 6.07 Å². The zero-order valence-corrected chi connectivity index (χ0v) is 16.4. The van der Waals surface area contributed by atoms with Crippen LogP contribution in [0, 0.1) is 6.92 Å². The van der Waals surface area contributed by atoms with E-state index in [1.807, 2.05) is 32.0 Å². The molecule has 26 heavy (non-hydrogen) atoms. The van der Waals surface area contributed by atoms with Crippen molar-refractivity contribution in [2.24, 2.45) is 0 Å². The number of likely N-dealkylation sites (N-methyl/N-ethyl adjacent to an activating group) is 1. The minimum Gasteiger partial charge on any atom is -0.491 e. The molecular weight excluding hydrogens is 356 g/mol. The summed E-state index contributed by atoms with van der Waals surface area (Å²) in [6, 6.07) is 8.21. The Morgan fingerprint density at radius 1 is 1.23 bits per heavy atom. The second-order valence-electron chi connectivity index (χ2n) is 6.12. The van der Waals surface area contributed by atoms with Gasteiger partial charge in [0.1, 0.15) is 18.1 Å². The van der Waals surface area contributed by atoms with Crippen molar-refractivity contribution in [3.05, 3.63) is 47.9 Å². The molecule has 1 heterocycles. The Bertz CT molecular complexity index is 788. The van der Waals surface area contributed by atoms with E-state index in [2.05, 4.69) is 4.72 Å². The third-order valence-corrected chi connectivity index (χ3v) is 5.38. The van der Waals surface area contributed by atoms with Gasteiger partial charge in [0.25, 0.3) is 0 Å². The topological polar surface area (TPSA) is 81.0 Å². The molecule has 0 spiro atoms. The lowest BCUT2D eigenvalue weighted by Crippen LogP contribution is -2.34. The van der Waals surface area contributed by atoms with E-state index in [9.17, 15) is 8.42 Å². The van der Waals surface area contributed by atoms with Gasteiger partial charge in [-0.05, 0) is 56.9 Å². The van der Waals surface area contributed by atoms with Crippen molar-refractivity contribution in [1.29, 1.82) is 0 Å². The highest BCUT2D eigenvalue weighted by Gasteiger charge is 2.22. The lowest BCUT2D eigenvalue weighted by molar-refractivity contribution is 0.146. The fraction of sp³-hybridized carbons (Fsp3) is 0.444. The molecule has 0 aliphatic carbocycles. The fourth-order valence-corrected chi connectivity index (χ4v) is 3.60. The molecule has 144 valence electrons. The van der Waals surface area contributed by atoms with Crippen molar-refractivity contribution >= 4 is 10.0 Å². The molecule has 1 atom stereocenters. The predicted molar refractivity (Wildman–Crippen MR) is 98.9 cm³/mol. The van der Waals surface area contributed by atoms with Gasteiger partial charge in [0.05, 0.1) is 23.8 Å². The van der Waals surface area contributed by atoms with Crippen molar-refractivity contribution in [2.45, 2.75) is 17.9 Å². The van der Waals surface area contributed by atoms with Crippen LogP contribution in [0.15, 0.2) is 45.9 Å². The molecular formula is C18H26N2O5S. The summed E-state index contributed by atoms with van der Waals surface area (Å²) in [5, 5.41) is 0. The second-order valence-corrected chi connectivity index (χ2v) is 7.88. The molecule has 1 aromatic heterocycles. The Morgan fingerprint density at radius 2 is 2.00 bits per heavy atom. The monoisotopic (exact) mass is 382 g/mol. The smallest absolute Gasteiger partial charge is 0.240 e. The van der Waals surface area contributed by atoms with Crippen molar-refractivity contribution < 1.29 is 22.3 Å². The normalized spacial score (nSPS) is 13.1. The number of rotatable bonds is 10. The van der Waals surface area contributed by atoms with Crippen LogP contribution < -0.4 is 9.46 Å². The Kier molecular flexibility index (Phi) is 7.22. The summed E-state index contributed by atoms with van der Waals surface area (Å²) in [5.41, 5.74) is 0.749. The summed E-state index contributed by atoms with van der Waals surface area (Å²) >= 11 is 0. The fourth-order valence-electron chi connectivity index (χ4n) is 2.48. The summed E-state index contributed by atoms with van der Waals surface area (Å²) < 4.78 is 43.8. The summed E-state index contributed by atoms with van der Waals surface area (Å²) in [4.78, 5) is 2.10. The maximum atomic E-state index is 12.6. The van der Waals surface area contributed by atoms with E-state index in [1.54, 1.807) is 31.6 Å². The highest BCUT2D eigenvalue weighted by molar-refractivity contribution is 7.89. The van der Waals surface area contributed by atoms with Gasteiger partial charge < -0.3 is 13.9 Å². The standard InChI is InChI=1S/C18H26N2O5S/c1-14-12-15(7-8-17(14)25-11-10-23-4)26(21,22)19-13-16(20(2)3)18-6-5-9-24-18/h5-9,12,16,19H,10-11,13H2,1-4H3. The van der Waals surface area contributed by atoms with Crippen molar-refractivity contribution in [3.8, 4) is 5.75 Å². The van der Waals surface area contributed by atoms with Gasteiger partial charge in [0.15, 0.2) is 0 Å². The van der Waals surface area contributed by atoms with Crippen LogP contribution in [-0.4, -0.2) is 54.3 Å². The van der Waals surface area contributed by atoms with Crippen LogP contribution in [0.5, 0.6) is 5.75 Å². The zero-order chi connectivity index (χ0) is 19.2. The number of nitrogens with zero attached hydrogens (tertiary/aromatic N) is 1. The number of methoxy groups -OCH3 is 1. The van der Waals surface area contributed by atoms with E-state index in [0.29, 0.717) is 24.7 Å². The molecule has 0 saturated heterocycles. The van der Waals surface area contributed by atoms with Gasteiger partial charge in [0.2, 0.25) is 10.0 Å². The molecule has 0 aliphatic rings. The molecule has 8 heteroatoms. The second kappa shape index (κ2) is 9.18. The molecule has 2 rings (SSSR count). The van der Waals surface area contributed by atoms with Gasteiger partial charge in [0, 0.05) is 13.7 Å². The summed E-state index contributed by atoms with van der Waals surface area (Å²) in [6.07, 6.45) is 1.58. The number of aryl methyl sites for hydroxylation is 1. The van der Waals surface area contributed by atoms with Gasteiger partial charge in [-0.15, -0.1) is 0 Å². The quantitative estimate of drug-likeness (QED) is 0.635. The lowest BCUT2D eigenvalue weighted by atomic mass is 10.2. The number of benzene rings is 1. The Hall–Kier alpha value is -1.87. The Morgan fingerprint density at radius 3 is 2.58 bits per heavy atom. The summed E-state index contributed by atoms with van der Waals surface area (Å²) in [6.45, 7) is 2.90. The molecule has 0 amide bonds. The number of sulfonamides is 1. The molecule has 0 bridgehead atoms. The maximum Gasteiger partial charge on any atom is 0.240 e. The number of hydrogen-bond donors (Lipinski definition) is 1. The minimum absolute atomic E-state index is 0.197. The van der Waals surface area contributed by atoms with Crippen LogP contribution in [0.1, 0.15) is 17.4 Å². The summed E-state index contributed by atoms with van der Waals surface area (Å²) in [5.74, 6) is 1.35. The highest BCUT2D eigenvalue weighted by Crippen LogP contribution is 2.23.